The molecule has 0 aromatic heterocycles. The summed E-state index contributed by atoms with van der Waals surface area (Å²) < 4.78 is 6.02. The molecular formula is C18H37OSi4. The van der Waals surface area contributed by atoms with Gasteiger partial charge in [0.1, 0.15) is 5.75 Å². The van der Waals surface area contributed by atoms with Gasteiger partial charge in [0.2, 0.25) is 0 Å². The van der Waals surface area contributed by atoms with Crippen molar-refractivity contribution in [3.05, 3.63) is 24.3 Å². The lowest BCUT2D eigenvalue weighted by Crippen LogP contribution is -2.73. The molecule has 5 heteroatoms. The van der Waals surface area contributed by atoms with Crippen molar-refractivity contribution < 1.29 is 4.74 Å². The Morgan fingerprint density at radius 2 is 1.09 bits per heavy atom. The van der Waals surface area contributed by atoms with Gasteiger partial charge in [-0.1, -0.05) is 82.8 Å². The van der Waals surface area contributed by atoms with E-state index < -0.39 is 33.0 Å². The molecule has 0 spiro atoms. The van der Waals surface area contributed by atoms with Gasteiger partial charge in [-0.15, -0.1) is 0 Å². The number of hydrogen-bond acceptors (Lipinski definition) is 1. The van der Waals surface area contributed by atoms with E-state index in [1.165, 1.54) is 0 Å². The molecule has 0 unspecified atom stereocenters. The summed E-state index contributed by atoms with van der Waals surface area (Å²) in [5, 5.41) is 1.60. The molecule has 0 amide bonds. The third-order valence-electron chi connectivity index (χ3n) is 5.46. The highest BCUT2D eigenvalue weighted by Gasteiger charge is 2.62. The molecule has 0 saturated carbocycles. The molecule has 1 rings (SSSR count). The minimum absolute atomic E-state index is 0.632. The Morgan fingerprint density at radius 1 is 0.739 bits per heavy atom. The number of benzene rings is 1. The Bertz CT molecular complexity index is 482. The third-order valence-corrected chi connectivity index (χ3v) is 38.2. The fraction of sp³-hybridized carbons (Fsp3) is 0.667. The Labute approximate surface area is 149 Å². The zero-order valence-corrected chi connectivity index (χ0v) is 21.2. The summed E-state index contributed by atoms with van der Waals surface area (Å²) in [7, 11) is -2.89. The normalized spacial score (nSPS) is 14.3. The van der Waals surface area contributed by atoms with Gasteiger partial charge in [0.05, 0.1) is 15.9 Å². The second-order valence-corrected chi connectivity index (χ2v) is 31.2. The first-order valence-corrected chi connectivity index (χ1v) is 21.2. The Kier molecular flexibility index (Phi) is 6.05. The summed E-state index contributed by atoms with van der Waals surface area (Å²) in [4.78, 5) is 0. The van der Waals surface area contributed by atoms with E-state index in [-0.39, 0.29) is 0 Å². The highest BCUT2D eigenvalue weighted by atomic mass is 28.5. The lowest BCUT2D eigenvalue weighted by molar-refractivity contribution is 0.415. The SMILES string of the molecule is COc1ccc([Si](C)C([Si](C)(C)C)([Si](C)(C)C)[Si](C)(C)C)cc1. The van der Waals surface area contributed by atoms with Crippen molar-refractivity contribution in [1.82, 2.24) is 0 Å². The highest BCUT2D eigenvalue weighted by Crippen LogP contribution is 2.55. The molecule has 131 valence electrons. The van der Waals surface area contributed by atoms with Crippen molar-refractivity contribution >= 4 is 38.2 Å². The first kappa shape index (κ1) is 20.9. The maximum Gasteiger partial charge on any atom is 0.118 e. The van der Waals surface area contributed by atoms with E-state index in [1.807, 2.05) is 0 Å². The van der Waals surface area contributed by atoms with Gasteiger partial charge in [0.15, 0.2) is 0 Å². The molecule has 1 aromatic rings. The number of rotatable bonds is 6. The molecule has 0 saturated heterocycles. The number of methoxy groups -OCH3 is 1. The first-order valence-electron chi connectivity index (χ1n) is 8.68. The minimum Gasteiger partial charge on any atom is -0.497 e. The van der Waals surface area contributed by atoms with Crippen LogP contribution in [0.3, 0.4) is 0 Å². The lowest BCUT2D eigenvalue weighted by Gasteiger charge is -2.62. The molecule has 1 nitrogen and oxygen atoms in total. The smallest absolute Gasteiger partial charge is 0.118 e. The highest BCUT2D eigenvalue weighted by molar-refractivity contribution is 7.27. The van der Waals surface area contributed by atoms with Gasteiger partial charge >= 0.3 is 0 Å². The zero-order valence-electron chi connectivity index (χ0n) is 17.2. The topological polar surface area (TPSA) is 9.23 Å². The van der Waals surface area contributed by atoms with Crippen molar-refractivity contribution in [2.75, 3.05) is 7.11 Å². The third kappa shape index (κ3) is 3.62. The second kappa shape index (κ2) is 6.65. The van der Waals surface area contributed by atoms with Crippen LogP contribution in [0.5, 0.6) is 5.75 Å². The summed E-state index contributed by atoms with van der Waals surface area (Å²) >= 11 is 0. The van der Waals surface area contributed by atoms with Crippen LogP contribution in [0.4, 0.5) is 0 Å². The van der Waals surface area contributed by atoms with Crippen LogP contribution in [-0.4, -0.2) is 40.1 Å². The van der Waals surface area contributed by atoms with Crippen LogP contribution < -0.4 is 9.92 Å². The Hall–Kier alpha value is -0.112. The van der Waals surface area contributed by atoms with Crippen LogP contribution in [-0.2, 0) is 0 Å². The van der Waals surface area contributed by atoms with Gasteiger partial charge < -0.3 is 4.74 Å². The largest absolute Gasteiger partial charge is 0.497 e. The van der Waals surface area contributed by atoms with Gasteiger partial charge in [-0.05, 0) is 16.0 Å². The summed E-state index contributed by atoms with van der Waals surface area (Å²) in [5.74, 6) is 0.975. The molecule has 23 heavy (non-hydrogen) atoms. The second-order valence-electron chi connectivity index (χ2n) is 9.85. The summed E-state index contributed by atoms with van der Waals surface area (Å²) in [6.45, 7) is 26.4. The predicted octanol–water partition coefficient (Wildman–Crippen LogP) is 5.40. The van der Waals surface area contributed by atoms with E-state index in [0.29, 0.717) is 3.91 Å². The van der Waals surface area contributed by atoms with Crippen LogP contribution >= 0.6 is 0 Å². The maximum atomic E-state index is 5.37. The van der Waals surface area contributed by atoms with Gasteiger partial charge in [-0.2, -0.15) is 0 Å². The maximum absolute atomic E-state index is 5.37. The van der Waals surface area contributed by atoms with E-state index >= 15 is 0 Å². The number of hydrogen-bond donors (Lipinski definition) is 0. The molecule has 1 aromatic carbocycles. The van der Waals surface area contributed by atoms with Gasteiger partial charge in [0.25, 0.3) is 0 Å². The van der Waals surface area contributed by atoms with E-state index in [4.69, 9.17) is 4.74 Å². The van der Waals surface area contributed by atoms with E-state index in [9.17, 15) is 0 Å². The summed E-state index contributed by atoms with van der Waals surface area (Å²) in [6.07, 6.45) is 0. The van der Waals surface area contributed by atoms with Crippen molar-refractivity contribution in [1.29, 1.82) is 0 Å². The standard InChI is InChI=1S/C18H37OSi4/c1-19-16-12-14-17(15-13-16)20(2)18(21(3,4)5,22(6,7)8)23(9,10)11/h12-15H,1-11H3. The van der Waals surface area contributed by atoms with Gasteiger partial charge in [-0.3, -0.25) is 0 Å². The molecule has 0 bridgehead atoms. The summed E-state index contributed by atoms with van der Waals surface area (Å²) in [5.41, 5.74) is 0. The van der Waals surface area contributed by atoms with Crippen molar-refractivity contribution in [3.63, 3.8) is 0 Å². The minimum atomic E-state index is -1.34. The molecule has 0 aliphatic rings. The Morgan fingerprint density at radius 3 is 1.35 bits per heavy atom. The van der Waals surface area contributed by atoms with E-state index in [0.717, 1.165) is 5.75 Å². The molecule has 0 heterocycles. The molecule has 0 N–H and O–H groups in total. The van der Waals surface area contributed by atoms with Crippen molar-refractivity contribution in [2.24, 2.45) is 0 Å². The van der Waals surface area contributed by atoms with Gasteiger partial charge in [-0.25, -0.2) is 0 Å². The molecule has 0 aliphatic carbocycles. The summed E-state index contributed by atoms with van der Waals surface area (Å²) in [6, 6.07) is 9.02. The lowest BCUT2D eigenvalue weighted by atomic mass is 10.3. The fourth-order valence-corrected chi connectivity index (χ4v) is 49.0. The number of ether oxygens (including phenoxy) is 1. The molecule has 0 fully saturated rings. The monoisotopic (exact) mass is 381 g/mol. The quantitative estimate of drug-likeness (QED) is 0.599. The van der Waals surface area contributed by atoms with Crippen LogP contribution in [0, 0.1) is 0 Å². The van der Waals surface area contributed by atoms with Crippen molar-refractivity contribution in [2.45, 2.75) is 69.4 Å². The molecule has 1 radical (unpaired) electrons. The van der Waals surface area contributed by atoms with Crippen LogP contribution in [0.1, 0.15) is 0 Å². The molecular weight excluding hydrogens is 345 g/mol. The fourth-order valence-electron chi connectivity index (χ4n) is 6.12. The van der Waals surface area contributed by atoms with E-state index in [1.54, 1.807) is 12.3 Å². The zero-order chi connectivity index (χ0) is 18.3. The first-order chi connectivity index (χ1) is 10.2. The van der Waals surface area contributed by atoms with E-state index in [2.05, 4.69) is 89.7 Å². The van der Waals surface area contributed by atoms with Crippen LogP contribution in [0.25, 0.3) is 0 Å². The average Bonchev–Trinajstić information content (AvgIpc) is 2.34. The van der Waals surface area contributed by atoms with Crippen LogP contribution in [0.15, 0.2) is 24.3 Å². The van der Waals surface area contributed by atoms with Gasteiger partial charge in [0, 0.05) is 24.2 Å². The van der Waals surface area contributed by atoms with Crippen molar-refractivity contribution in [3.8, 4) is 5.75 Å². The predicted molar refractivity (Wildman–Crippen MR) is 117 cm³/mol. The Balaban J connectivity index is 3.62. The molecule has 0 aliphatic heterocycles. The molecule has 0 atom stereocenters. The average molecular weight is 382 g/mol. The van der Waals surface area contributed by atoms with Crippen LogP contribution in [0.2, 0.25) is 69.4 Å².